The van der Waals surface area contributed by atoms with Crippen LogP contribution in [-0.4, -0.2) is 14.5 Å². The molecule has 0 aliphatic heterocycles. The summed E-state index contributed by atoms with van der Waals surface area (Å²) in [5, 5.41) is 0.810. The quantitative estimate of drug-likeness (QED) is 0.756. The molecule has 94 valence electrons. The van der Waals surface area contributed by atoms with E-state index in [4.69, 9.17) is 11.6 Å². The molecule has 1 fully saturated rings. The number of aromatic nitrogens is 3. The summed E-state index contributed by atoms with van der Waals surface area (Å²) in [6.45, 7) is 3.93. The van der Waals surface area contributed by atoms with Crippen LogP contribution in [0.3, 0.4) is 0 Å². The van der Waals surface area contributed by atoms with E-state index in [-0.39, 0.29) is 11.1 Å². The maximum Gasteiger partial charge on any atom is 0.262 e. The van der Waals surface area contributed by atoms with Crippen molar-refractivity contribution in [3.63, 3.8) is 0 Å². The number of nitrogens with zero attached hydrogens (tertiary/aromatic N) is 3. The van der Waals surface area contributed by atoms with Crippen molar-refractivity contribution in [2.24, 2.45) is 0 Å². The van der Waals surface area contributed by atoms with Gasteiger partial charge in [-0.15, -0.1) is 0 Å². The van der Waals surface area contributed by atoms with Crippen LogP contribution in [-0.2, 0) is 5.54 Å². The zero-order valence-electron chi connectivity index (χ0n) is 10.00. The van der Waals surface area contributed by atoms with Crippen LogP contribution < -0.4 is 5.56 Å². The highest BCUT2D eigenvalue weighted by molar-refractivity contribution is 9.10. The maximum atomic E-state index is 12.6. The minimum absolute atomic E-state index is 0.0394. The van der Waals surface area contributed by atoms with Crippen LogP contribution in [0.2, 0.25) is 5.15 Å². The first-order chi connectivity index (χ1) is 8.42. The van der Waals surface area contributed by atoms with E-state index >= 15 is 0 Å². The second kappa shape index (κ2) is 3.78. The largest absolute Gasteiger partial charge is 0.290 e. The van der Waals surface area contributed by atoms with Gasteiger partial charge in [-0.1, -0.05) is 11.6 Å². The van der Waals surface area contributed by atoms with E-state index in [0.29, 0.717) is 20.7 Å². The van der Waals surface area contributed by atoms with E-state index in [1.807, 2.05) is 6.92 Å². The Balaban J connectivity index is 2.45. The molecule has 2 heterocycles. The van der Waals surface area contributed by atoms with Crippen molar-refractivity contribution in [2.45, 2.75) is 32.2 Å². The average molecular weight is 329 g/mol. The number of hydrogen-bond donors (Lipinski definition) is 0. The number of hydrogen-bond acceptors (Lipinski definition) is 3. The highest BCUT2D eigenvalue weighted by Gasteiger charge is 2.41. The van der Waals surface area contributed by atoms with Crippen LogP contribution >= 0.6 is 27.5 Å². The molecule has 18 heavy (non-hydrogen) atoms. The number of pyridine rings is 1. The Bertz CT molecular complexity index is 721. The monoisotopic (exact) mass is 327 g/mol. The highest BCUT2D eigenvalue weighted by Crippen LogP contribution is 2.42. The molecule has 0 amide bonds. The molecule has 6 heteroatoms. The van der Waals surface area contributed by atoms with Gasteiger partial charge in [0.25, 0.3) is 5.56 Å². The van der Waals surface area contributed by atoms with E-state index in [0.717, 1.165) is 18.7 Å². The molecule has 1 aliphatic carbocycles. The lowest BCUT2D eigenvalue weighted by atomic mass is 10.2. The predicted octanol–water partition coefficient (Wildman–Crippen LogP) is 3.02. The summed E-state index contributed by atoms with van der Waals surface area (Å²) in [7, 11) is 0. The van der Waals surface area contributed by atoms with Gasteiger partial charge in [-0.05, 0) is 48.7 Å². The zero-order chi connectivity index (χ0) is 13.1. The molecular formula is C12H11BrClN3O. The Morgan fingerprint density at radius 2 is 2.11 bits per heavy atom. The van der Waals surface area contributed by atoms with Gasteiger partial charge in [-0.3, -0.25) is 9.36 Å². The van der Waals surface area contributed by atoms with Crippen LogP contribution in [0.1, 0.15) is 25.6 Å². The Hall–Kier alpha value is -0.940. The second-order valence-electron chi connectivity index (χ2n) is 4.93. The van der Waals surface area contributed by atoms with Gasteiger partial charge in [0.2, 0.25) is 0 Å². The molecule has 0 unspecified atom stereocenters. The molecule has 2 aromatic rings. The second-order valence-corrected chi connectivity index (χ2v) is 6.07. The minimum Gasteiger partial charge on any atom is -0.290 e. The highest BCUT2D eigenvalue weighted by atomic mass is 79.9. The molecule has 1 saturated carbocycles. The summed E-state index contributed by atoms with van der Waals surface area (Å²) >= 11 is 9.20. The summed E-state index contributed by atoms with van der Waals surface area (Å²) in [5.41, 5.74) is 0.454. The topological polar surface area (TPSA) is 47.8 Å². The van der Waals surface area contributed by atoms with E-state index in [1.165, 1.54) is 0 Å². The number of fused-ring (bicyclic) bond motifs is 1. The lowest BCUT2D eigenvalue weighted by molar-refractivity contribution is 0.494. The van der Waals surface area contributed by atoms with Gasteiger partial charge >= 0.3 is 0 Å². The Labute approximate surface area is 117 Å². The molecule has 0 N–H and O–H groups in total. The average Bonchev–Trinajstić information content (AvgIpc) is 2.99. The summed E-state index contributed by atoms with van der Waals surface area (Å²) < 4.78 is 2.29. The van der Waals surface area contributed by atoms with Crippen molar-refractivity contribution >= 4 is 38.4 Å². The first-order valence-corrected chi connectivity index (χ1v) is 6.85. The van der Waals surface area contributed by atoms with Crippen molar-refractivity contribution in [3.8, 4) is 0 Å². The van der Waals surface area contributed by atoms with Crippen molar-refractivity contribution in [3.05, 3.63) is 32.0 Å². The third-order valence-corrected chi connectivity index (χ3v) is 4.21. The fraction of sp³-hybridized carbons (Fsp3) is 0.417. The van der Waals surface area contributed by atoms with Gasteiger partial charge in [-0.25, -0.2) is 9.97 Å². The molecule has 4 nitrogen and oxygen atoms in total. The van der Waals surface area contributed by atoms with Crippen molar-refractivity contribution in [1.29, 1.82) is 0 Å². The van der Waals surface area contributed by atoms with E-state index in [2.05, 4.69) is 32.8 Å². The normalized spacial score (nSPS) is 17.1. The van der Waals surface area contributed by atoms with Crippen LogP contribution in [0, 0.1) is 6.92 Å². The third-order valence-electron chi connectivity index (χ3n) is 3.46. The van der Waals surface area contributed by atoms with Gasteiger partial charge in [-0.2, -0.15) is 0 Å². The van der Waals surface area contributed by atoms with Gasteiger partial charge < -0.3 is 0 Å². The van der Waals surface area contributed by atoms with Crippen LogP contribution in [0.4, 0.5) is 0 Å². The molecule has 0 spiro atoms. The molecule has 0 radical (unpaired) electrons. The Morgan fingerprint density at radius 1 is 1.44 bits per heavy atom. The van der Waals surface area contributed by atoms with Crippen LogP contribution in [0.5, 0.6) is 0 Å². The molecule has 3 rings (SSSR count). The lowest BCUT2D eigenvalue weighted by Crippen LogP contribution is -2.31. The van der Waals surface area contributed by atoms with Crippen molar-refractivity contribution in [1.82, 2.24) is 14.5 Å². The molecule has 0 bridgehead atoms. The SMILES string of the molecule is Cc1nc2c(Br)nc(Cl)cc2c(=O)n1C1(C)CC1. The van der Waals surface area contributed by atoms with Crippen LogP contribution in [0.15, 0.2) is 15.5 Å². The summed E-state index contributed by atoms with van der Waals surface area (Å²) in [4.78, 5) is 21.1. The van der Waals surface area contributed by atoms with E-state index < -0.39 is 0 Å². The van der Waals surface area contributed by atoms with Crippen molar-refractivity contribution in [2.75, 3.05) is 0 Å². The van der Waals surface area contributed by atoms with Gasteiger partial charge in [0.1, 0.15) is 21.1 Å². The van der Waals surface area contributed by atoms with Gasteiger partial charge in [0.05, 0.1) is 5.39 Å². The number of halogens is 2. The zero-order valence-corrected chi connectivity index (χ0v) is 12.3. The van der Waals surface area contributed by atoms with Crippen molar-refractivity contribution < 1.29 is 0 Å². The number of rotatable bonds is 1. The fourth-order valence-corrected chi connectivity index (χ4v) is 3.06. The fourth-order valence-electron chi connectivity index (χ4n) is 2.27. The molecular weight excluding hydrogens is 318 g/mol. The molecule has 0 saturated heterocycles. The predicted molar refractivity (Wildman–Crippen MR) is 74.1 cm³/mol. The summed E-state index contributed by atoms with van der Waals surface area (Å²) in [6.07, 6.45) is 2.03. The first-order valence-electron chi connectivity index (χ1n) is 5.68. The minimum atomic E-state index is -0.0788. The van der Waals surface area contributed by atoms with Crippen LogP contribution in [0.25, 0.3) is 10.9 Å². The summed E-state index contributed by atoms with van der Waals surface area (Å²) in [5.74, 6) is 0.720. The Kier molecular flexibility index (Phi) is 2.54. The number of aryl methyl sites for hydroxylation is 1. The van der Waals surface area contributed by atoms with E-state index in [1.54, 1.807) is 10.6 Å². The Morgan fingerprint density at radius 3 is 2.72 bits per heavy atom. The maximum absolute atomic E-state index is 12.6. The summed E-state index contributed by atoms with van der Waals surface area (Å²) in [6, 6.07) is 1.58. The first kappa shape index (κ1) is 12.1. The lowest BCUT2D eigenvalue weighted by Gasteiger charge is -2.17. The molecule has 2 aromatic heterocycles. The third kappa shape index (κ3) is 1.68. The molecule has 0 atom stereocenters. The molecule has 0 aromatic carbocycles. The smallest absolute Gasteiger partial charge is 0.262 e. The van der Waals surface area contributed by atoms with Gasteiger partial charge in [0, 0.05) is 5.54 Å². The standard InChI is InChI=1S/C12H11BrClN3O/c1-6-15-9-7(5-8(14)16-10(9)13)11(18)17(6)12(2)3-4-12/h5H,3-4H2,1-2H3. The van der Waals surface area contributed by atoms with Gasteiger partial charge in [0.15, 0.2) is 0 Å². The van der Waals surface area contributed by atoms with E-state index in [9.17, 15) is 4.79 Å². The molecule has 1 aliphatic rings.